The first kappa shape index (κ1) is 16.8. The highest BCUT2D eigenvalue weighted by molar-refractivity contribution is 5.95. The molecule has 26 heavy (non-hydrogen) atoms. The number of nitrogens with one attached hydrogen (secondary N) is 1. The maximum absolute atomic E-state index is 12.7. The number of aliphatic hydroxyl groups is 1. The third kappa shape index (κ3) is 3.62. The summed E-state index contributed by atoms with van der Waals surface area (Å²) in [5.41, 5.74) is 2.28. The third-order valence-electron chi connectivity index (χ3n) is 4.88. The standard InChI is InChI=1S/C19H22N4O3/c24-15-10-22(9-13-4-2-1-3-5-13)18(25)12-23(11-15)19(26)17-8-16(20-21-17)14-6-7-14/h1-5,8,14-15,24H,6-7,9-12H2,(H,20,21). The smallest absolute Gasteiger partial charge is 0.274 e. The summed E-state index contributed by atoms with van der Waals surface area (Å²) >= 11 is 0. The van der Waals surface area contributed by atoms with Crippen LogP contribution in [0.25, 0.3) is 0 Å². The predicted octanol–water partition coefficient (Wildman–Crippen LogP) is 1.13. The maximum Gasteiger partial charge on any atom is 0.274 e. The van der Waals surface area contributed by atoms with Crippen LogP contribution >= 0.6 is 0 Å². The Labute approximate surface area is 151 Å². The minimum Gasteiger partial charge on any atom is -0.389 e. The maximum atomic E-state index is 12.7. The van der Waals surface area contributed by atoms with Gasteiger partial charge in [-0.15, -0.1) is 0 Å². The second-order valence-electron chi connectivity index (χ2n) is 7.08. The molecule has 1 saturated heterocycles. The van der Waals surface area contributed by atoms with Crippen molar-refractivity contribution in [1.82, 2.24) is 20.0 Å². The second kappa shape index (κ2) is 6.92. The highest BCUT2D eigenvalue weighted by Gasteiger charge is 2.32. The van der Waals surface area contributed by atoms with Crippen molar-refractivity contribution in [3.63, 3.8) is 0 Å². The van der Waals surface area contributed by atoms with Crippen LogP contribution in [-0.4, -0.2) is 62.7 Å². The van der Waals surface area contributed by atoms with E-state index in [0.29, 0.717) is 18.2 Å². The first-order valence-corrected chi connectivity index (χ1v) is 8.94. The van der Waals surface area contributed by atoms with Gasteiger partial charge in [0.15, 0.2) is 0 Å². The number of β-amino-alcohol motifs (C(OH)–C–C–N with tert-alkyl or cyclic N) is 1. The summed E-state index contributed by atoms with van der Waals surface area (Å²) in [5, 5.41) is 17.3. The molecule has 2 N–H and O–H groups in total. The molecule has 1 aliphatic carbocycles. The van der Waals surface area contributed by atoms with Gasteiger partial charge < -0.3 is 14.9 Å². The SMILES string of the molecule is O=C1CN(C(=O)c2cc(C3CC3)[nH]n2)CC(O)CN1Cc1ccccc1. The molecule has 0 spiro atoms. The molecule has 2 fully saturated rings. The van der Waals surface area contributed by atoms with E-state index in [-0.39, 0.29) is 31.4 Å². The first-order chi connectivity index (χ1) is 12.6. The molecule has 2 heterocycles. The lowest BCUT2D eigenvalue weighted by Gasteiger charge is -2.21. The van der Waals surface area contributed by atoms with E-state index in [9.17, 15) is 14.7 Å². The van der Waals surface area contributed by atoms with Crippen molar-refractivity contribution in [3.8, 4) is 0 Å². The van der Waals surface area contributed by atoms with Gasteiger partial charge in [0.05, 0.1) is 6.10 Å². The monoisotopic (exact) mass is 354 g/mol. The Morgan fingerprint density at radius 3 is 2.73 bits per heavy atom. The predicted molar refractivity (Wildman–Crippen MR) is 94.3 cm³/mol. The van der Waals surface area contributed by atoms with Crippen LogP contribution in [0.15, 0.2) is 36.4 Å². The van der Waals surface area contributed by atoms with Crippen LogP contribution in [0.2, 0.25) is 0 Å². The van der Waals surface area contributed by atoms with Crippen LogP contribution in [0, 0.1) is 0 Å². The summed E-state index contributed by atoms with van der Waals surface area (Å²) in [6.07, 6.45) is 1.45. The van der Waals surface area contributed by atoms with E-state index in [4.69, 9.17) is 0 Å². The first-order valence-electron chi connectivity index (χ1n) is 8.94. The Balaban J connectivity index is 1.46. The van der Waals surface area contributed by atoms with Gasteiger partial charge in [0.2, 0.25) is 5.91 Å². The fourth-order valence-corrected chi connectivity index (χ4v) is 3.32. The molecule has 136 valence electrons. The number of carbonyl (C=O) groups is 2. The van der Waals surface area contributed by atoms with Crippen LogP contribution < -0.4 is 0 Å². The third-order valence-corrected chi connectivity index (χ3v) is 4.88. The number of benzene rings is 1. The van der Waals surface area contributed by atoms with Crippen LogP contribution in [0.4, 0.5) is 0 Å². The van der Waals surface area contributed by atoms with E-state index in [2.05, 4.69) is 10.2 Å². The quantitative estimate of drug-likeness (QED) is 0.861. The molecule has 1 atom stereocenters. The number of aromatic amines is 1. The van der Waals surface area contributed by atoms with Gasteiger partial charge in [-0.1, -0.05) is 30.3 Å². The topological polar surface area (TPSA) is 89.5 Å². The molecule has 1 aromatic heterocycles. The zero-order valence-corrected chi connectivity index (χ0v) is 14.5. The lowest BCUT2D eigenvalue weighted by atomic mass is 10.2. The van der Waals surface area contributed by atoms with Crippen LogP contribution in [0.5, 0.6) is 0 Å². The molecule has 7 heteroatoms. The summed E-state index contributed by atoms with van der Waals surface area (Å²) in [5.74, 6) is -0.0133. The van der Waals surface area contributed by atoms with Gasteiger partial charge in [0, 0.05) is 31.2 Å². The summed E-state index contributed by atoms with van der Waals surface area (Å²) in [6, 6.07) is 11.4. The van der Waals surface area contributed by atoms with Crippen molar-refractivity contribution in [3.05, 3.63) is 53.3 Å². The summed E-state index contributed by atoms with van der Waals surface area (Å²) in [6.45, 7) is 0.716. The Bertz CT molecular complexity index is 800. The molecule has 7 nitrogen and oxygen atoms in total. The van der Waals surface area contributed by atoms with Crippen molar-refractivity contribution < 1.29 is 14.7 Å². The van der Waals surface area contributed by atoms with Crippen molar-refractivity contribution in [2.24, 2.45) is 0 Å². The van der Waals surface area contributed by atoms with E-state index < -0.39 is 6.10 Å². The molecule has 1 saturated carbocycles. The number of rotatable bonds is 4. The fourth-order valence-electron chi connectivity index (χ4n) is 3.32. The minimum absolute atomic E-state index is 0.0473. The average Bonchev–Trinajstić information content (AvgIpc) is 3.39. The Morgan fingerprint density at radius 2 is 2.00 bits per heavy atom. The molecular formula is C19H22N4O3. The summed E-state index contributed by atoms with van der Waals surface area (Å²) < 4.78 is 0. The van der Waals surface area contributed by atoms with Gasteiger partial charge in [0.1, 0.15) is 12.2 Å². The number of nitrogens with zero attached hydrogens (tertiary/aromatic N) is 3. The van der Waals surface area contributed by atoms with E-state index in [0.717, 1.165) is 24.1 Å². The molecule has 0 bridgehead atoms. The van der Waals surface area contributed by atoms with E-state index >= 15 is 0 Å². The Morgan fingerprint density at radius 1 is 1.23 bits per heavy atom. The van der Waals surface area contributed by atoms with E-state index in [1.807, 2.05) is 30.3 Å². The minimum atomic E-state index is -0.782. The molecule has 1 aliphatic heterocycles. The highest BCUT2D eigenvalue weighted by atomic mass is 16.3. The van der Waals surface area contributed by atoms with E-state index in [1.54, 1.807) is 11.0 Å². The number of aliphatic hydroxyl groups excluding tert-OH is 1. The molecule has 2 aliphatic rings. The number of H-pyrrole nitrogens is 1. The van der Waals surface area contributed by atoms with Crippen LogP contribution in [0.3, 0.4) is 0 Å². The Hall–Kier alpha value is -2.67. The normalized spacial score (nSPS) is 21.0. The molecule has 4 rings (SSSR count). The molecule has 2 aromatic rings. The van der Waals surface area contributed by atoms with Crippen molar-refractivity contribution >= 4 is 11.8 Å². The molecule has 2 amide bonds. The molecule has 1 aromatic carbocycles. The van der Waals surface area contributed by atoms with Gasteiger partial charge >= 0.3 is 0 Å². The lowest BCUT2D eigenvalue weighted by molar-refractivity contribution is -0.131. The molecular weight excluding hydrogens is 332 g/mol. The van der Waals surface area contributed by atoms with Crippen molar-refractivity contribution in [2.75, 3.05) is 19.6 Å². The molecule has 1 unspecified atom stereocenters. The van der Waals surface area contributed by atoms with Gasteiger partial charge in [-0.25, -0.2) is 0 Å². The van der Waals surface area contributed by atoms with Gasteiger partial charge in [0.25, 0.3) is 5.91 Å². The zero-order valence-electron chi connectivity index (χ0n) is 14.5. The number of carbonyl (C=O) groups excluding carboxylic acids is 2. The summed E-state index contributed by atoms with van der Waals surface area (Å²) in [7, 11) is 0. The number of amides is 2. The lowest BCUT2D eigenvalue weighted by Crippen LogP contribution is -2.39. The zero-order chi connectivity index (χ0) is 18.1. The van der Waals surface area contributed by atoms with E-state index in [1.165, 1.54) is 4.90 Å². The number of hydrogen-bond donors (Lipinski definition) is 2. The van der Waals surface area contributed by atoms with Gasteiger partial charge in [-0.2, -0.15) is 5.10 Å². The largest absolute Gasteiger partial charge is 0.389 e. The number of aromatic nitrogens is 2. The fraction of sp³-hybridized carbons (Fsp3) is 0.421. The van der Waals surface area contributed by atoms with Gasteiger partial charge in [-0.3, -0.25) is 14.7 Å². The van der Waals surface area contributed by atoms with Crippen molar-refractivity contribution in [2.45, 2.75) is 31.4 Å². The van der Waals surface area contributed by atoms with Crippen LogP contribution in [0.1, 0.15) is 40.5 Å². The highest BCUT2D eigenvalue weighted by Crippen LogP contribution is 2.39. The summed E-state index contributed by atoms with van der Waals surface area (Å²) in [4.78, 5) is 28.4. The number of hydrogen-bond acceptors (Lipinski definition) is 4. The van der Waals surface area contributed by atoms with Gasteiger partial charge in [-0.05, 0) is 24.5 Å². The Kier molecular flexibility index (Phi) is 4.46. The molecule has 0 radical (unpaired) electrons. The average molecular weight is 354 g/mol. The van der Waals surface area contributed by atoms with Crippen molar-refractivity contribution in [1.29, 1.82) is 0 Å². The van der Waals surface area contributed by atoms with Crippen LogP contribution in [-0.2, 0) is 11.3 Å². The second-order valence-corrected chi connectivity index (χ2v) is 7.08.